The van der Waals surface area contributed by atoms with Crippen molar-refractivity contribution < 1.29 is 9.90 Å². The van der Waals surface area contributed by atoms with Crippen LogP contribution in [-0.4, -0.2) is 41.4 Å². The highest BCUT2D eigenvalue weighted by molar-refractivity contribution is 7.99. The monoisotopic (exact) mass is 267 g/mol. The first kappa shape index (κ1) is 15.1. The van der Waals surface area contributed by atoms with Crippen molar-refractivity contribution in [2.45, 2.75) is 31.3 Å². The number of nitrogens with zero attached hydrogens (tertiary/aromatic N) is 1. The summed E-state index contributed by atoms with van der Waals surface area (Å²) in [6.45, 7) is 4.14. The Hall–Kier alpha value is -1.00. The number of likely N-dealkylation sites (N-methyl/N-ethyl adjacent to an activating group) is 1. The first-order valence-corrected chi connectivity index (χ1v) is 7.09. The predicted molar refractivity (Wildman–Crippen MR) is 75.8 cm³/mol. The zero-order valence-corrected chi connectivity index (χ0v) is 12.0. The van der Waals surface area contributed by atoms with E-state index in [2.05, 4.69) is 31.2 Å². The molecule has 1 atom stereocenters. The largest absolute Gasteiger partial charge is 0.392 e. The Labute approximate surface area is 113 Å². The average molecular weight is 267 g/mol. The highest BCUT2D eigenvalue weighted by Gasteiger charge is 2.10. The lowest BCUT2D eigenvalue weighted by Gasteiger charge is -2.18. The lowest BCUT2D eigenvalue weighted by molar-refractivity contribution is -0.130. The van der Waals surface area contributed by atoms with Crippen molar-refractivity contribution >= 4 is 17.7 Å². The van der Waals surface area contributed by atoms with Gasteiger partial charge in [-0.15, -0.1) is 11.8 Å². The van der Waals surface area contributed by atoms with Crippen LogP contribution in [0, 0.1) is 6.92 Å². The fraction of sp³-hybridized carbons (Fsp3) is 0.500. The van der Waals surface area contributed by atoms with Crippen LogP contribution in [0.2, 0.25) is 0 Å². The third-order valence-electron chi connectivity index (χ3n) is 2.57. The van der Waals surface area contributed by atoms with Crippen LogP contribution in [0.1, 0.15) is 18.9 Å². The number of carbonyl (C=O) groups excluding carboxylic acids is 1. The number of hydrogen-bond acceptors (Lipinski definition) is 3. The minimum atomic E-state index is -0.469. The molecule has 0 spiro atoms. The Bertz CT molecular complexity index is 376. The Kier molecular flexibility index (Phi) is 6.22. The summed E-state index contributed by atoms with van der Waals surface area (Å²) < 4.78 is 0. The molecule has 18 heavy (non-hydrogen) atoms. The van der Waals surface area contributed by atoms with E-state index in [1.807, 2.05) is 0 Å². The second-order valence-electron chi connectivity index (χ2n) is 4.53. The van der Waals surface area contributed by atoms with Gasteiger partial charge in [0.05, 0.1) is 6.10 Å². The molecule has 0 bridgehead atoms. The molecule has 1 aromatic carbocycles. The minimum absolute atomic E-state index is 0.0792. The van der Waals surface area contributed by atoms with Gasteiger partial charge in [-0.2, -0.15) is 0 Å². The Morgan fingerprint density at radius 1 is 1.39 bits per heavy atom. The highest BCUT2D eigenvalue weighted by Crippen LogP contribution is 2.19. The van der Waals surface area contributed by atoms with Crippen LogP contribution >= 0.6 is 11.8 Å². The van der Waals surface area contributed by atoms with Crippen LogP contribution < -0.4 is 0 Å². The first-order valence-electron chi connectivity index (χ1n) is 6.10. The number of amides is 1. The van der Waals surface area contributed by atoms with Crippen molar-refractivity contribution in [1.82, 2.24) is 4.90 Å². The van der Waals surface area contributed by atoms with Crippen LogP contribution in [0.4, 0.5) is 0 Å². The average Bonchev–Trinajstić information content (AvgIpc) is 2.30. The maximum Gasteiger partial charge on any atom is 0.223 e. The fourth-order valence-corrected chi connectivity index (χ4v) is 2.42. The molecular weight excluding hydrogens is 246 g/mol. The number of aliphatic hydroxyl groups excluding tert-OH is 1. The van der Waals surface area contributed by atoms with E-state index in [0.717, 1.165) is 5.75 Å². The van der Waals surface area contributed by atoms with Crippen LogP contribution in [-0.2, 0) is 4.79 Å². The number of thioether (sulfide) groups is 1. The van der Waals surface area contributed by atoms with Gasteiger partial charge in [-0.05, 0) is 26.0 Å². The third-order valence-corrected chi connectivity index (χ3v) is 3.58. The van der Waals surface area contributed by atoms with Gasteiger partial charge in [-0.1, -0.05) is 17.7 Å². The summed E-state index contributed by atoms with van der Waals surface area (Å²) >= 11 is 1.68. The van der Waals surface area contributed by atoms with E-state index in [-0.39, 0.29) is 5.91 Å². The van der Waals surface area contributed by atoms with E-state index in [4.69, 9.17) is 0 Å². The van der Waals surface area contributed by atoms with Crippen molar-refractivity contribution in [2.75, 3.05) is 19.3 Å². The molecule has 1 amide bonds. The smallest absolute Gasteiger partial charge is 0.223 e. The SMILES string of the molecule is Cc1ccc(SCCC(=O)N(C)CC(C)O)cc1. The van der Waals surface area contributed by atoms with Gasteiger partial charge >= 0.3 is 0 Å². The van der Waals surface area contributed by atoms with Crippen molar-refractivity contribution in [2.24, 2.45) is 0 Å². The normalized spacial score (nSPS) is 12.2. The quantitative estimate of drug-likeness (QED) is 0.804. The molecule has 4 heteroatoms. The topological polar surface area (TPSA) is 40.5 Å². The molecule has 1 N–H and O–H groups in total. The molecular formula is C14H21NO2S. The summed E-state index contributed by atoms with van der Waals surface area (Å²) in [5, 5.41) is 9.20. The summed E-state index contributed by atoms with van der Waals surface area (Å²) in [6.07, 6.45) is 0.0330. The highest BCUT2D eigenvalue weighted by atomic mass is 32.2. The zero-order chi connectivity index (χ0) is 13.5. The van der Waals surface area contributed by atoms with Crippen molar-refractivity contribution in [3.8, 4) is 0 Å². The molecule has 0 aliphatic heterocycles. The number of aliphatic hydroxyl groups is 1. The van der Waals surface area contributed by atoms with Gasteiger partial charge in [0.15, 0.2) is 0 Å². The maximum atomic E-state index is 11.7. The number of benzene rings is 1. The molecule has 1 rings (SSSR count). The summed E-state index contributed by atoms with van der Waals surface area (Å²) in [5.41, 5.74) is 1.24. The molecule has 0 fully saturated rings. The number of aryl methyl sites for hydroxylation is 1. The molecule has 0 aliphatic carbocycles. The van der Waals surface area contributed by atoms with Gasteiger partial charge in [0.2, 0.25) is 5.91 Å². The molecule has 1 unspecified atom stereocenters. The predicted octanol–water partition coefficient (Wildman–Crippen LogP) is 2.32. The Morgan fingerprint density at radius 2 is 2.00 bits per heavy atom. The molecule has 0 radical (unpaired) electrons. The van der Waals surface area contributed by atoms with E-state index < -0.39 is 6.10 Å². The van der Waals surface area contributed by atoms with Gasteiger partial charge in [0.1, 0.15) is 0 Å². The second-order valence-corrected chi connectivity index (χ2v) is 5.70. The minimum Gasteiger partial charge on any atom is -0.392 e. The summed E-state index contributed by atoms with van der Waals surface area (Å²) in [7, 11) is 1.73. The van der Waals surface area contributed by atoms with Crippen LogP contribution in [0.3, 0.4) is 0 Å². The number of rotatable bonds is 6. The van der Waals surface area contributed by atoms with Crippen molar-refractivity contribution in [1.29, 1.82) is 0 Å². The third kappa shape index (κ3) is 5.56. The van der Waals surface area contributed by atoms with E-state index in [1.165, 1.54) is 10.5 Å². The number of hydrogen-bond donors (Lipinski definition) is 1. The van der Waals surface area contributed by atoms with Gasteiger partial charge in [-0.3, -0.25) is 4.79 Å². The summed E-state index contributed by atoms with van der Waals surface area (Å²) in [4.78, 5) is 14.5. The van der Waals surface area contributed by atoms with Gasteiger partial charge in [-0.25, -0.2) is 0 Å². The van der Waals surface area contributed by atoms with Crippen LogP contribution in [0.25, 0.3) is 0 Å². The summed E-state index contributed by atoms with van der Waals surface area (Å²) in [6, 6.07) is 8.29. The van der Waals surface area contributed by atoms with Crippen LogP contribution in [0.5, 0.6) is 0 Å². The van der Waals surface area contributed by atoms with E-state index in [9.17, 15) is 9.90 Å². The molecule has 0 aliphatic rings. The van der Waals surface area contributed by atoms with E-state index in [1.54, 1.807) is 30.6 Å². The lowest BCUT2D eigenvalue weighted by atomic mass is 10.2. The zero-order valence-electron chi connectivity index (χ0n) is 11.2. The fourth-order valence-electron chi connectivity index (χ4n) is 1.58. The first-order chi connectivity index (χ1) is 8.49. The van der Waals surface area contributed by atoms with Crippen molar-refractivity contribution in [3.63, 3.8) is 0 Å². The van der Waals surface area contributed by atoms with Crippen LogP contribution in [0.15, 0.2) is 29.2 Å². The number of carbonyl (C=O) groups is 1. The molecule has 3 nitrogen and oxygen atoms in total. The Balaban J connectivity index is 2.29. The molecule has 1 aromatic rings. The molecule has 0 heterocycles. The molecule has 100 valence electrons. The molecule has 0 saturated heterocycles. The lowest BCUT2D eigenvalue weighted by Crippen LogP contribution is -2.33. The molecule has 0 saturated carbocycles. The van der Waals surface area contributed by atoms with Gasteiger partial charge in [0, 0.05) is 30.7 Å². The van der Waals surface area contributed by atoms with Gasteiger partial charge < -0.3 is 10.0 Å². The molecule has 0 aromatic heterocycles. The summed E-state index contributed by atoms with van der Waals surface area (Å²) in [5.74, 6) is 0.849. The van der Waals surface area contributed by atoms with Gasteiger partial charge in [0.25, 0.3) is 0 Å². The standard InChI is InChI=1S/C14H21NO2S/c1-11-4-6-13(7-5-11)18-9-8-14(17)15(3)10-12(2)16/h4-7,12,16H,8-10H2,1-3H3. The van der Waals surface area contributed by atoms with Crippen molar-refractivity contribution in [3.05, 3.63) is 29.8 Å². The van der Waals surface area contributed by atoms with E-state index in [0.29, 0.717) is 13.0 Å². The maximum absolute atomic E-state index is 11.7. The van der Waals surface area contributed by atoms with E-state index >= 15 is 0 Å². The second kappa shape index (κ2) is 7.44. The Morgan fingerprint density at radius 3 is 2.56 bits per heavy atom.